The molecule has 2 N–H and O–H groups in total. The van der Waals surface area contributed by atoms with Gasteiger partial charge in [-0.1, -0.05) is 6.07 Å². The number of hydrogen-bond donors (Lipinski definition) is 2. The van der Waals surface area contributed by atoms with E-state index in [-0.39, 0.29) is 12.2 Å². The van der Waals surface area contributed by atoms with Crippen molar-refractivity contribution in [2.24, 2.45) is 0 Å². The van der Waals surface area contributed by atoms with Crippen molar-refractivity contribution >= 4 is 21.6 Å². The Morgan fingerprint density at radius 3 is 2.56 bits per heavy atom. The monoisotopic (exact) mass is 272 g/mol. The van der Waals surface area contributed by atoms with E-state index in [0.717, 1.165) is 6.26 Å². The molecule has 7 heteroatoms. The number of aromatic carboxylic acids is 1. The third kappa shape index (κ3) is 3.43. The van der Waals surface area contributed by atoms with Gasteiger partial charge in [0.25, 0.3) is 0 Å². The second kappa shape index (κ2) is 4.93. The average Bonchev–Trinajstić information content (AvgIpc) is 2.25. The maximum Gasteiger partial charge on any atom is 0.354 e. The Morgan fingerprint density at radius 2 is 2.06 bits per heavy atom. The summed E-state index contributed by atoms with van der Waals surface area (Å²) in [6, 6.07) is 4.51. The molecule has 0 amide bonds. The van der Waals surface area contributed by atoms with Gasteiger partial charge in [-0.05, 0) is 26.0 Å². The average molecular weight is 272 g/mol. The summed E-state index contributed by atoms with van der Waals surface area (Å²) in [4.78, 5) is 14.6. The lowest BCUT2D eigenvalue weighted by molar-refractivity contribution is 0.0690. The highest BCUT2D eigenvalue weighted by Crippen LogP contribution is 2.16. The van der Waals surface area contributed by atoms with Crippen molar-refractivity contribution in [3.05, 3.63) is 23.9 Å². The largest absolute Gasteiger partial charge is 0.477 e. The lowest BCUT2D eigenvalue weighted by Crippen LogP contribution is -2.38. The second-order valence-corrected chi connectivity index (χ2v) is 7.25. The zero-order valence-electron chi connectivity index (χ0n) is 10.5. The zero-order chi connectivity index (χ0) is 14.0. The van der Waals surface area contributed by atoms with Crippen LogP contribution in [0.2, 0.25) is 0 Å². The highest BCUT2D eigenvalue weighted by Gasteiger charge is 2.29. The summed E-state index contributed by atoms with van der Waals surface area (Å²) >= 11 is 0. The highest BCUT2D eigenvalue weighted by molar-refractivity contribution is 7.92. The molecule has 0 spiro atoms. The van der Waals surface area contributed by atoms with Gasteiger partial charge in [0.2, 0.25) is 0 Å². The zero-order valence-corrected chi connectivity index (χ0v) is 11.3. The molecular weight excluding hydrogens is 256 g/mol. The molecule has 0 bridgehead atoms. The van der Waals surface area contributed by atoms with Crippen molar-refractivity contribution in [2.75, 3.05) is 18.1 Å². The van der Waals surface area contributed by atoms with E-state index in [9.17, 15) is 13.2 Å². The lowest BCUT2D eigenvalue weighted by atomic mass is 10.2. The van der Waals surface area contributed by atoms with E-state index >= 15 is 0 Å². The van der Waals surface area contributed by atoms with Crippen LogP contribution in [-0.4, -0.2) is 42.0 Å². The van der Waals surface area contributed by atoms with Crippen molar-refractivity contribution in [1.82, 2.24) is 4.98 Å². The SMILES string of the molecule is CC(C)(CNc1cccc(C(=O)O)n1)S(C)(=O)=O. The summed E-state index contributed by atoms with van der Waals surface area (Å²) in [7, 11) is -3.21. The number of sulfone groups is 1. The van der Waals surface area contributed by atoms with Gasteiger partial charge in [-0.15, -0.1) is 0 Å². The van der Waals surface area contributed by atoms with Crippen LogP contribution in [0.5, 0.6) is 0 Å². The summed E-state index contributed by atoms with van der Waals surface area (Å²) in [5, 5.41) is 11.6. The Labute approximate surface area is 106 Å². The first kappa shape index (κ1) is 14.4. The predicted octanol–water partition coefficient (Wildman–Crippen LogP) is 1.01. The molecule has 0 unspecified atom stereocenters. The Morgan fingerprint density at radius 1 is 1.44 bits per heavy atom. The summed E-state index contributed by atoms with van der Waals surface area (Å²) in [6.45, 7) is 3.34. The van der Waals surface area contributed by atoms with E-state index in [0.29, 0.717) is 5.82 Å². The minimum absolute atomic E-state index is 0.0860. The Balaban J connectivity index is 2.82. The smallest absolute Gasteiger partial charge is 0.354 e. The predicted molar refractivity (Wildman–Crippen MR) is 68.6 cm³/mol. The van der Waals surface area contributed by atoms with Crippen molar-refractivity contribution < 1.29 is 18.3 Å². The van der Waals surface area contributed by atoms with E-state index in [4.69, 9.17) is 5.11 Å². The third-order valence-electron chi connectivity index (χ3n) is 2.67. The van der Waals surface area contributed by atoms with Crippen molar-refractivity contribution in [1.29, 1.82) is 0 Å². The standard InChI is InChI=1S/C11H16N2O4S/c1-11(2,18(3,16)17)7-12-9-6-4-5-8(13-9)10(14)15/h4-6H,7H2,1-3H3,(H,12,13)(H,14,15). The van der Waals surface area contributed by atoms with E-state index < -0.39 is 20.6 Å². The molecule has 0 aliphatic carbocycles. The third-order valence-corrected chi connectivity index (χ3v) is 4.82. The van der Waals surface area contributed by atoms with Crippen molar-refractivity contribution in [2.45, 2.75) is 18.6 Å². The van der Waals surface area contributed by atoms with Gasteiger partial charge >= 0.3 is 5.97 Å². The van der Waals surface area contributed by atoms with Crippen LogP contribution in [0.4, 0.5) is 5.82 Å². The van der Waals surface area contributed by atoms with Gasteiger partial charge < -0.3 is 10.4 Å². The fourth-order valence-electron chi connectivity index (χ4n) is 1.09. The first-order chi connectivity index (χ1) is 8.13. The number of rotatable bonds is 5. The molecule has 0 atom stereocenters. The molecule has 0 aromatic carbocycles. The minimum Gasteiger partial charge on any atom is -0.477 e. The molecule has 0 fully saturated rings. The topological polar surface area (TPSA) is 96.4 Å². The van der Waals surface area contributed by atoms with E-state index in [1.54, 1.807) is 26.0 Å². The van der Waals surface area contributed by atoms with Gasteiger partial charge in [-0.25, -0.2) is 18.2 Å². The van der Waals surface area contributed by atoms with Gasteiger partial charge in [0, 0.05) is 12.8 Å². The number of carboxylic acids is 1. The number of carbonyl (C=O) groups is 1. The van der Waals surface area contributed by atoms with Crippen LogP contribution < -0.4 is 5.32 Å². The first-order valence-electron chi connectivity index (χ1n) is 5.27. The molecule has 6 nitrogen and oxygen atoms in total. The number of aromatic nitrogens is 1. The summed E-state index contributed by atoms with van der Waals surface area (Å²) < 4.78 is 22.0. The second-order valence-electron chi connectivity index (χ2n) is 4.60. The molecule has 1 heterocycles. The van der Waals surface area contributed by atoms with Crippen LogP contribution in [-0.2, 0) is 9.84 Å². The Bertz CT molecular complexity index is 552. The number of nitrogens with zero attached hydrogens (tertiary/aromatic N) is 1. The number of carboxylic acid groups (broad SMARTS) is 1. The number of nitrogens with one attached hydrogen (secondary N) is 1. The fourth-order valence-corrected chi connectivity index (χ4v) is 1.42. The summed E-state index contributed by atoms with van der Waals surface area (Å²) in [5.41, 5.74) is -0.0860. The van der Waals surface area contributed by atoms with Crippen LogP contribution in [0.25, 0.3) is 0 Å². The molecule has 100 valence electrons. The molecule has 1 aromatic rings. The molecule has 0 aliphatic rings. The lowest BCUT2D eigenvalue weighted by Gasteiger charge is -2.23. The van der Waals surface area contributed by atoms with E-state index in [1.807, 2.05) is 0 Å². The molecule has 0 saturated carbocycles. The molecular formula is C11H16N2O4S. The summed E-state index contributed by atoms with van der Waals surface area (Å²) in [5.74, 6) is -0.785. The molecule has 0 saturated heterocycles. The van der Waals surface area contributed by atoms with Crippen molar-refractivity contribution in [3.8, 4) is 0 Å². The molecule has 18 heavy (non-hydrogen) atoms. The van der Waals surface area contributed by atoms with Gasteiger partial charge in [-0.3, -0.25) is 0 Å². The maximum absolute atomic E-state index is 11.5. The minimum atomic E-state index is -3.21. The highest BCUT2D eigenvalue weighted by atomic mass is 32.2. The maximum atomic E-state index is 11.5. The normalized spacial score (nSPS) is 12.2. The van der Waals surface area contributed by atoms with Crippen LogP contribution in [0, 0.1) is 0 Å². The number of hydrogen-bond acceptors (Lipinski definition) is 5. The van der Waals surface area contributed by atoms with Crippen LogP contribution in [0.15, 0.2) is 18.2 Å². The van der Waals surface area contributed by atoms with Gasteiger partial charge in [0.05, 0.1) is 4.75 Å². The fraction of sp³-hybridized carbons (Fsp3) is 0.455. The van der Waals surface area contributed by atoms with Crippen LogP contribution >= 0.6 is 0 Å². The van der Waals surface area contributed by atoms with Crippen molar-refractivity contribution in [3.63, 3.8) is 0 Å². The Kier molecular flexibility index (Phi) is 3.95. The van der Waals surface area contributed by atoms with Gasteiger partial charge in [0.15, 0.2) is 15.5 Å². The first-order valence-corrected chi connectivity index (χ1v) is 7.16. The number of anilines is 1. The summed E-state index contributed by atoms with van der Waals surface area (Å²) in [6.07, 6.45) is 1.16. The molecule has 0 radical (unpaired) electrons. The number of pyridine rings is 1. The van der Waals surface area contributed by atoms with E-state index in [1.165, 1.54) is 6.07 Å². The van der Waals surface area contributed by atoms with E-state index in [2.05, 4.69) is 10.3 Å². The van der Waals surface area contributed by atoms with Crippen LogP contribution in [0.3, 0.4) is 0 Å². The Hall–Kier alpha value is -1.63. The molecule has 0 aliphatic heterocycles. The van der Waals surface area contributed by atoms with Gasteiger partial charge in [-0.2, -0.15) is 0 Å². The molecule has 1 aromatic heterocycles. The van der Waals surface area contributed by atoms with Gasteiger partial charge in [0.1, 0.15) is 5.82 Å². The quantitative estimate of drug-likeness (QED) is 0.830. The van der Waals surface area contributed by atoms with Crippen LogP contribution in [0.1, 0.15) is 24.3 Å². The molecule has 1 rings (SSSR count).